The minimum absolute atomic E-state index is 0.0178. The molecular formula is C13H16N4O2. The summed E-state index contributed by atoms with van der Waals surface area (Å²) in [5.74, 6) is -0.225. The molecule has 0 spiro atoms. The van der Waals surface area contributed by atoms with Crippen LogP contribution in [0.25, 0.3) is 0 Å². The molecule has 0 aliphatic carbocycles. The molecule has 1 heterocycles. The standard InChI is InChI=1S/C13H16N4O2/c14-12(15)9-3-1-8(2-4-9)7-16-13(19)10-5-6-11(18)17-10/h1-4,10H,5-7H2,(H3,14,15)(H,16,19)(H,17,18)/t10-/m0/s1. The van der Waals surface area contributed by atoms with Crippen molar-refractivity contribution in [3.63, 3.8) is 0 Å². The minimum atomic E-state index is -0.413. The third-order valence-electron chi connectivity index (χ3n) is 3.04. The predicted octanol–water partition coefficient (Wildman–Crippen LogP) is -0.135. The van der Waals surface area contributed by atoms with Gasteiger partial charge in [0.25, 0.3) is 0 Å². The summed E-state index contributed by atoms with van der Waals surface area (Å²) in [6.07, 6.45) is 0.958. The Morgan fingerprint density at radius 3 is 2.63 bits per heavy atom. The fraction of sp³-hybridized carbons (Fsp3) is 0.308. The molecule has 0 saturated carbocycles. The lowest BCUT2D eigenvalue weighted by atomic mass is 10.1. The van der Waals surface area contributed by atoms with Crippen LogP contribution in [0.4, 0.5) is 0 Å². The number of carbonyl (C=O) groups is 2. The first-order valence-corrected chi connectivity index (χ1v) is 6.06. The second-order valence-electron chi connectivity index (χ2n) is 4.49. The van der Waals surface area contributed by atoms with Gasteiger partial charge in [-0.1, -0.05) is 24.3 Å². The van der Waals surface area contributed by atoms with Crippen molar-refractivity contribution in [1.82, 2.24) is 10.6 Å². The lowest BCUT2D eigenvalue weighted by Crippen LogP contribution is -2.41. The maximum Gasteiger partial charge on any atom is 0.242 e. The number of amides is 2. The number of hydrogen-bond donors (Lipinski definition) is 4. The van der Waals surface area contributed by atoms with Gasteiger partial charge in [0.05, 0.1) is 0 Å². The predicted molar refractivity (Wildman–Crippen MR) is 70.5 cm³/mol. The highest BCUT2D eigenvalue weighted by Crippen LogP contribution is 2.07. The number of nitrogen functional groups attached to an aromatic ring is 1. The number of hydrogen-bond acceptors (Lipinski definition) is 3. The van der Waals surface area contributed by atoms with E-state index in [9.17, 15) is 9.59 Å². The minimum Gasteiger partial charge on any atom is -0.384 e. The highest BCUT2D eigenvalue weighted by atomic mass is 16.2. The molecule has 1 aromatic carbocycles. The van der Waals surface area contributed by atoms with Crippen molar-refractivity contribution in [2.24, 2.45) is 5.73 Å². The van der Waals surface area contributed by atoms with E-state index in [-0.39, 0.29) is 17.6 Å². The van der Waals surface area contributed by atoms with E-state index in [1.54, 1.807) is 12.1 Å². The maximum atomic E-state index is 11.8. The molecule has 6 nitrogen and oxygen atoms in total. The molecule has 19 heavy (non-hydrogen) atoms. The van der Waals surface area contributed by atoms with E-state index in [1.807, 2.05) is 12.1 Å². The average molecular weight is 260 g/mol. The van der Waals surface area contributed by atoms with Crippen LogP contribution in [0.15, 0.2) is 24.3 Å². The van der Waals surface area contributed by atoms with Crippen LogP contribution >= 0.6 is 0 Å². The van der Waals surface area contributed by atoms with Crippen LogP contribution < -0.4 is 16.4 Å². The van der Waals surface area contributed by atoms with Crippen LogP contribution in [0, 0.1) is 5.41 Å². The Hall–Kier alpha value is -2.37. The highest BCUT2D eigenvalue weighted by molar-refractivity contribution is 5.95. The van der Waals surface area contributed by atoms with Gasteiger partial charge in [-0.05, 0) is 12.0 Å². The van der Waals surface area contributed by atoms with Gasteiger partial charge < -0.3 is 16.4 Å². The number of nitrogens with one attached hydrogen (secondary N) is 3. The van der Waals surface area contributed by atoms with E-state index < -0.39 is 6.04 Å². The zero-order valence-electron chi connectivity index (χ0n) is 10.4. The second-order valence-corrected chi connectivity index (χ2v) is 4.49. The van der Waals surface area contributed by atoms with Crippen LogP contribution in [0.1, 0.15) is 24.0 Å². The Bertz CT molecular complexity index is 510. The first-order chi connectivity index (χ1) is 9.06. The van der Waals surface area contributed by atoms with Gasteiger partial charge in [0.15, 0.2) is 0 Å². The summed E-state index contributed by atoms with van der Waals surface area (Å²) in [6, 6.07) is 6.68. The third-order valence-corrected chi connectivity index (χ3v) is 3.04. The van der Waals surface area contributed by atoms with Crippen molar-refractivity contribution < 1.29 is 9.59 Å². The van der Waals surface area contributed by atoms with E-state index in [0.29, 0.717) is 24.9 Å². The van der Waals surface area contributed by atoms with Crippen molar-refractivity contribution in [1.29, 1.82) is 5.41 Å². The van der Waals surface area contributed by atoms with Gasteiger partial charge in [-0.15, -0.1) is 0 Å². The van der Waals surface area contributed by atoms with Crippen molar-refractivity contribution in [2.75, 3.05) is 0 Å². The molecule has 1 atom stereocenters. The number of benzene rings is 1. The summed E-state index contributed by atoms with van der Waals surface area (Å²) in [6.45, 7) is 0.392. The molecule has 1 saturated heterocycles. The fourth-order valence-corrected chi connectivity index (χ4v) is 1.93. The largest absolute Gasteiger partial charge is 0.384 e. The van der Waals surface area contributed by atoms with Gasteiger partial charge in [0.1, 0.15) is 11.9 Å². The van der Waals surface area contributed by atoms with E-state index >= 15 is 0 Å². The molecule has 2 rings (SSSR count). The molecule has 5 N–H and O–H groups in total. The molecule has 1 fully saturated rings. The molecular weight excluding hydrogens is 244 g/mol. The first-order valence-electron chi connectivity index (χ1n) is 6.06. The fourth-order valence-electron chi connectivity index (χ4n) is 1.93. The molecule has 1 aromatic rings. The van der Waals surface area contributed by atoms with Gasteiger partial charge in [-0.3, -0.25) is 15.0 Å². The molecule has 6 heteroatoms. The van der Waals surface area contributed by atoms with E-state index in [0.717, 1.165) is 5.56 Å². The lowest BCUT2D eigenvalue weighted by molar-refractivity contribution is -0.125. The van der Waals surface area contributed by atoms with E-state index in [2.05, 4.69) is 10.6 Å². The average Bonchev–Trinajstić information content (AvgIpc) is 2.83. The van der Waals surface area contributed by atoms with Gasteiger partial charge in [-0.25, -0.2) is 0 Å². The van der Waals surface area contributed by atoms with E-state index in [1.165, 1.54) is 0 Å². The number of rotatable bonds is 4. The Morgan fingerprint density at radius 1 is 1.42 bits per heavy atom. The van der Waals surface area contributed by atoms with Crippen LogP contribution in [0.2, 0.25) is 0 Å². The monoisotopic (exact) mass is 260 g/mol. The zero-order valence-corrected chi connectivity index (χ0v) is 10.4. The molecule has 0 aromatic heterocycles. The van der Waals surface area contributed by atoms with Gasteiger partial charge in [-0.2, -0.15) is 0 Å². The molecule has 0 radical (unpaired) electrons. The molecule has 1 aliphatic rings. The van der Waals surface area contributed by atoms with Gasteiger partial charge >= 0.3 is 0 Å². The van der Waals surface area contributed by atoms with Crippen molar-refractivity contribution in [3.05, 3.63) is 35.4 Å². The second kappa shape index (κ2) is 5.51. The number of amidine groups is 1. The smallest absolute Gasteiger partial charge is 0.242 e. The van der Waals surface area contributed by atoms with Crippen molar-refractivity contribution in [2.45, 2.75) is 25.4 Å². The van der Waals surface area contributed by atoms with Crippen molar-refractivity contribution in [3.8, 4) is 0 Å². The van der Waals surface area contributed by atoms with Crippen LogP contribution in [0.5, 0.6) is 0 Å². The van der Waals surface area contributed by atoms with Gasteiger partial charge in [0, 0.05) is 18.5 Å². The number of carbonyl (C=O) groups excluding carboxylic acids is 2. The quantitative estimate of drug-likeness (QED) is 0.447. The third kappa shape index (κ3) is 3.31. The van der Waals surface area contributed by atoms with Crippen LogP contribution in [0.3, 0.4) is 0 Å². The SMILES string of the molecule is N=C(N)c1ccc(CNC(=O)[C@@H]2CCC(=O)N2)cc1. The first kappa shape index (κ1) is 13.1. The summed E-state index contributed by atoms with van der Waals surface area (Å²) in [7, 11) is 0. The lowest BCUT2D eigenvalue weighted by Gasteiger charge is -2.11. The molecule has 100 valence electrons. The summed E-state index contributed by atoms with van der Waals surface area (Å²) >= 11 is 0. The van der Waals surface area contributed by atoms with E-state index in [4.69, 9.17) is 11.1 Å². The molecule has 0 bridgehead atoms. The van der Waals surface area contributed by atoms with Crippen molar-refractivity contribution >= 4 is 17.6 Å². The highest BCUT2D eigenvalue weighted by Gasteiger charge is 2.26. The Kier molecular flexibility index (Phi) is 3.79. The Labute approximate surface area is 110 Å². The summed E-state index contributed by atoms with van der Waals surface area (Å²) in [5, 5.41) is 12.7. The zero-order chi connectivity index (χ0) is 13.8. The maximum absolute atomic E-state index is 11.8. The topological polar surface area (TPSA) is 108 Å². The summed E-state index contributed by atoms with van der Waals surface area (Å²) in [4.78, 5) is 22.8. The normalized spacial score (nSPS) is 17.9. The summed E-state index contributed by atoms with van der Waals surface area (Å²) in [5.41, 5.74) is 6.93. The van der Waals surface area contributed by atoms with Gasteiger partial charge in [0.2, 0.25) is 11.8 Å². The van der Waals surface area contributed by atoms with Crippen LogP contribution in [-0.2, 0) is 16.1 Å². The summed E-state index contributed by atoms with van der Waals surface area (Å²) < 4.78 is 0. The van der Waals surface area contributed by atoms with Crippen LogP contribution in [-0.4, -0.2) is 23.7 Å². The molecule has 1 aliphatic heterocycles. The Morgan fingerprint density at radius 2 is 2.11 bits per heavy atom. The molecule has 2 amide bonds. The Balaban J connectivity index is 1.86. The number of nitrogens with two attached hydrogens (primary N) is 1. The molecule has 0 unspecified atom stereocenters.